The average Bonchev–Trinajstić information content (AvgIpc) is 4.10. The molecule has 0 unspecified atom stereocenters. The van der Waals surface area contributed by atoms with E-state index < -0.39 is 5.41 Å². The SMILES string of the molecule is c1ccc(-c2ccc(-c3ccc(N(c4ccc(-c5ccc6oc7ccccc7c6c5)cc4)c4ccccc4-c4cccc5c4-c4ccccc4C5(c4ccccc4)c4ccccc4)cc3)c(-c3ccccc3)c2)cc1. The van der Waals surface area contributed by atoms with Gasteiger partial charge in [0.25, 0.3) is 0 Å². The van der Waals surface area contributed by atoms with Gasteiger partial charge in [0.15, 0.2) is 0 Å². The number of hydrogen-bond donors (Lipinski definition) is 0. The Morgan fingerprint density at radius 2 is 0.747 bits per heavy atom. The molecule has 75 heavy (non-hydrogen) atoms. The summed E-state index contributed by atoms with van der Waals surface area (Å²) in [6.07, 6.45) is 0. The lowest BCUT2D eigenvalue weighted by molar-refractivity contribution is 0.669. The van der Waals surface area contributed by atoms with Crippen LogP contribution >= 0.6 is 0 Å². The van der Waals surface area contributed by atoms with E-state index in [1.807, 2.05) is 12.1 Å². The zero-order valence-corrected chi connectivity index (χ0v) is 41.1. The molecule has 14 rings (SSSR count). The summed E-state index contributed by atoms with van der Waals surface area (Å²) in [5.41, 5.74) is 23.8. The number of anilines is 3. The van der Waals surface area contributed by atoms with Gasteiger partial charge < -0.3 is 9.32 Å². The van der Waals surface area contributed by atoms with Gasteiger partial charge in [-0.15, -0.1) is 0 Å². The van der Waals surface area contributed by atoms with Gasteiger partial charge in [-0.05, 0) is 138 Å². The van der Waals surface area contributed by atoms with Gasteiger partial charge in [0, 0.05) is 27.7 Å². The molecule has 1 aromatic heterocycles. The van der Waals surface area contributed by atoms with E-state index in [4.69, 9.17) is 4.42 Å². The third-order valence-electron chi connectivity index (χ3n) is 15.4. The standard InChI is InChI=1S/C73H49NO/c1-5-20-50(21-6-1)54-40-46-60(65(48-54)52-22-7-2-8-23-52)53-38-44-59(45-39-53)74(58-42-36-51(37-43-58)55-41-47-71-66(49-55)62-29-15-18-35-70(62)75-71)69-34-17-14-28-61(69)63-31-19-33-68-72(63)64-30-13-16-32-67(64)73(68,56-24-9-3-10-25-56)57-26-11-4-12-27-57/h1-49H. The number of nitrogens with zero attached hydrogens (tertiary/aromatic N) is 1. The van der Waals surface area contributed by atoms with Crippen LogP contribution in [0, 0.1) is 0 Å². The van der Waals surface area contributed by atoms with Crippen molar-refractivity contribution < 1.29 is 4.42 Å². The molecule has 1 heterocycles. The van der Waals surface area contributed by atoms with Crippen LogP contribution in [0.2, 0.25) is 0 Å². The Bertz CT molecular complexity index is 4160. The molecule has 1 aliphatic rings. The van der Waals surface area contributed by atoms with E-state index in [0.717, 1.165) is 61.3 Å². The lowest BCUT2D eigenvalue weighted by Crippen LogP contribution is -2.28. The van der Waals surface area contributed by atoms with Crippen molar-refractivity contribution in [1.29, 1.82) is 0 Å². The quantitative estimate of drug-likeness (QED) is 0.136. The molecule has 0 bridgehead atoms. The molecule has 13 aromatic rings. The summed E-state index contributed by atoms with van der Waals surface area (Å²) in [6.45, 7) is 0. The number of para-hydroxylation sites is 2. The van der Waals surface area contributed by atoms with Crippen LogP contribution in [0.15, 0.2) is 302 Å². The van der Waals surface area contributed by atoms with Crippen molar-refractivity contribution in [1.82, 2.24) is 0 Å². The van der Waals surface area contributed by atoms with Crippen molar-refractivity contribution in [3.63, 3.8) is 0 Å². The first kappa shape index (κ1) is 44.0. The fourth-order valence-electron chi connectivity index (χ4n) is 12.0. The third-order valence-corrected chi connectivity index (χ3v) is 15.4. The summed E-state index contributed by atoms with van der Waals surface area (Å²) < 4.78 is 6.23. The predicted molar refractivity (Wildman–Crippen MR) is 313 cm³/mol. The third kappa shape index (κ3) is 7.41. The van der Waals surface area contributed by atoms with Gasteiger partial charge in [-0.3, -0.25) is 0 Å². The minimum absolute atomic E-state index is 0.519. The molecule has 0 saturated carbocycles. The summed E-state index contributed by atoms with van der Waals surface area (Å²) in [6, 6.07) is 108. The molecule has 0 N–H and O–H groups in total. The Hall–Kier alpha value is -9.76. The summed E-state index contributed by atoms with van der Waals surface area (Å²) in [4.78, 5) is 2.44. The molecule has 0 amide bonds. The number of hydrogen-bond acceptors (Lipinski definition) is 2. The highest BCUT2D eigenvalue weighted by atomic mass is 16.3. The van der Waals surface area contributed by atoms with Crippen molar-refractivity contribution in [3.8, 4) is 66.8 Å². The monoisotopic (exact) mass is 955 g/mol. The smallest absolute Gasteiger partial charge is 0.135 e. The highest BCUT2D eigenvalue weighted by Crippen LogP contribution is 2.59. The van der Waals surface area contributed by atoms with E-state index in [9.17, 15) is 0 Å². The van der Waals surface area contributed by atoms with Crippen molar-refractivity contribution in [2.75, 3.05) is 4.90 Å². The lowest BCUT2D eigenvalue weighted by Gasteiger charge is -2.34. The van der Waals surface area contributed by atoms with Gasteiger partial charge >= 0.3 is 0 Å². The molecular weight excluding hydrogens is 907 g/mol. The van der Waals surface area contributed by atoms with Gasteiger partial charge in [0.2, 0.25) is 0 Å². The molecule has 352 valence electrons. The zero-order chi connectivity index (χ0) is 49.7. The Labute approximate surface area is 437 Å². The van der Waals surface area contributed by atoms with Crippen LogP contribution in [-0.4, -0.2) is 0 Å². The van der Waals surface area contributed by atoms with Gasteiger partial charge in [0.1, 0.15) is 11.2 Å². The number of furan rings is 1. The highest BCUT2D eigenvalue weighted by Gasteiger charge is 2.47. The minimum Gasteiger partial charge on any atom is -0.456 e. The maximum Gasteiger partial charge on any atom is 0.135 e. The first-order valence-electron chi connectivity index (χ1n) is 25.8. The largest absolute Gasteiger partial charge is 0.456 e. The van der Waals surface area contributed by atoms with Crippen LogP contribution in [0.1, 0.15) is 22.3 Å². The van der Waals surface area contributed by atoms with Crippen molar-refractivity contribution >= 4 is 39.0 Å². The number of rotatable bonds is 10. The second-order valence-electron chi connectivity index (χ2n) is 19.5. The van der Waals surface area contributed by atoms with E-state index in [1.165, 1.54) is 66.8 Å². The first-order valence-corrected chi connectivity index (χ1v) is 25.8. The molecule has 0 spiro atoms. The van der Waals surface area contributed by atoms with E-state index in [2.05, 4.69) is 290 Å². The molecule has 2 nitrogen and oxygen atoms in total. The van der Waals surface area contributed by atoms with Crippen molar-refractivity contribution in [3.05, 3.63) is 320 Å². The van der Waals surface area contributed by atoms with Crippen LogP contribution in [0.4, 0.5) is 17.1 Å². The summed E-state index contributed by atoms with van der Waals surface area (Å²) in [5, 5.41) is 2.24. The summed E-state index contributed by atoms with van der Waals surface area (Å²) in [7, 11) is 0. The predicted octanol–water partition coefficient (Wildman–Crippen LogP) is 19.8. The zero-order valence-electron chi connectivity index (χ0n) is 41.1. The van der Waals surface area contributed by atoms with Crippen molar-refractivity contribution in [2.24, 2.45) is 0 Å². The summed E-state index contributed by atoms with van der Waals surface area (Å²) in [5.74, 6) is 0. The highest BCUT2D eigenvalue weighted by molar-refractivity contribution is 6.06. The average molecular weight is 956 g/mol. The van der Waals surface area contributed by atoms with E-state index >= 15 is 0 Å². The molecular formula is C73H49NO. The fraction of sp³-hybridized carbons (Fsp3) is 0.0137. The Morgan fingerprint density at radius 1 is 0.267 bits per heavy atom. The maximum atomic E-state index is 6.23. The van der Waals surface area contributed by atoms with Crippen LogP contribution in [0.3, 0.4) is 0 Å². The van der Waals surface area contributed by atoms with Gasteiger partial charge in [-0.2, -0.15) is 0 Å². The minimum atomic E-state index is -0.519. The van der Waals surface area contributed by atoms with E-state index in [1.54, 1.807) is 0 Å². The van der Waals surface area contributed by atoms with Gasteiger partial charge in [-0.25, -0.2) is 0 Å². The summed E-state index contributed by atoms with van der Waals surface area (Å²) >= 11 is 0. The molecule has 0 saturated heterocycles. The first-order chi connectivity index (χ1) is 37.2. The Morgan fingerprint density at radius 3 is 1.45 bits per heavy atom. The molecule has 0 radical (unpaired) electrons. The second kappa shape index (κ2) is 18.4. The molecule has 0 aliphatic heterocycles. The van der Waals surface area contributed by atoms with Gasteiger partial charge in [0.05, 0.1) is 11.1 Å². The normalized spacial score (nSPS) is 12.4. The van der Waals surface area contributed by atoms with Crippen LogP contribution in [0.25, 0.3) is 88.7 Å². The second-order valence-corrected chi connectivity index (χ2v) is 19.5. The van der Waals surface area contributed by atoms with Gasteiger partial charge in [-0.1, -0.05) is 243 Å². The van der Waals surface area contributed by atoms with Crippen LogP contribution < -0.4 is 4.90 Å². The van der Waals surface area contributed by atoms with Crippen molar-refractivity contribution in [2.45, 2.75) is 5.41 Å². The molecule has 12 aromatic carbocycles. The maximum absolute atomic E-state index is 6.23. The fourth-order valence-corrected chi connectivity index (χ4v) is 12.0. The Balaban J connectivity index is 0.941. The molecule has 1 aliphatic carbocycles. The lowest BCUT2D eigenvalue weighted by atomic mass is 9.67. The molecule has 2 heteroatoms. The van der Waals surface area contributed by atoms with Crippen LogP contribution in [0.5, 0.6) is 0 Å². The number of fused-ring (bicyclic) bond motifs is 6. The molecule has 0 fully saturated rings. The van der Waals surface area contributed by atoms with Crippen LogP contribution in [-0.2, 0) is 5.41 Å². The van der Waals surface area contributed by atoms with E-state index in [0.29, 0.717) is 0 Å². The number of benzene rings is 12. The topological polar surface area (TPSA) is 16.4 Å². The van der Waals surface area contributed by atoms with E-state index in [-0.39, 0.29) is 0 Å². The Kier molecular flexibility index (Phi) is 10.8. The molecule has 0 atom stereocenters.